The fraction of sp³-hybridized carbons (Fsp3) is 0.583. The molecule has 0 atom stereocenters. The Hall–Kier alpha value is -1.85. The molecule has 0 saturated heterocycles. The number of aliphatic carboxylic acids is 1. The van der Waals surface area contributed by atoms with Crippen LogP contribution in [-0.2, 0) is 4.79 Å². The molecule has 0 spiro atoms. The maximum absolute atomic E-state index is 11.0. The molecule has 1 aromatic rings. The molecule has 0 aliphatic rings. The highest BCUT2D eigenvalue weighted by Crippen LogP contribution is 2.17. The van der Waals surface area contributed by atoms with Crippen molar-refractivity contribution in [2.24, 2.45) is 0 Å². The summed E-state index contributed by atoms with van der Waals surface area (Å²) in [5, 5.41) is 15.1. The fourth-order valence-electron chi connectivity index (χ4n) is 1.25. The fourth-order valence-corrected chi connectivity index (χ4v) is 1.25. The van der Waals surface area contributed by atoms with E-state index in [9.17, 15) is 4.79 Å². The molecule has 100 valence electrons. The molecular weight excluding hydrogens is 232 g/mol. The van der Waals surface area contributed by atoms with Crippen LogP contribution >= 0.6 is 0 Å². The van der Waals surface area contributed by atoms with Gasteiger partial charge in [-0.25, -0.2) is 14.8 Å². The number of rotatable bonds is 4. The lowest BCUT2D eigenvalue weighted by atomic mass is 10.1. The van der Waals surface area contributed by atoms with Crippen molar-refractivity contribution in [2.45, 2.75) is 45.7 Å². The summed E-state index contributed by atoms with van der Waals surface area (Å²) in [6.07, 6.45) is 1.40. The monoisotopic (exact) mass is 252 g/mol. The molecular formula is C12H20N4O2. The molecule has 0 fully saturated rings. The number of carbonyl (C=O) groups is 1. The number of aromatic nitrogens is 2. The number of anilines is 2. The van der Waals surface area contributed by atoms with E-state index in [0.717, 1.165) is 0 Å². The Kier molecular flexibility index (Phi) is 3.79. The van der Waals surface area contributed by atoms with Crippen LogP contribution in [0.4, 0.5) is 11.6 Å². The van der Waals surface area contributed by atoms with Gasteiger partial charge in [-0.1, -0.05) is 0 Å². The zero-order valence-corrected chi connectivity index (χ0v) is 11.4. The van der Waals surface area contributed by atoms with E-state index in [4.69, 9.17) is 5.11 Å². The van der Waals surface area contributed by atoms with E-state index in [1.807, 2.05) is 20.8 Å². The van der Waals surface area contributed by atoms with Crippen molar-refractivity contribution in [3.05, 3.63) is 12.4 Å². The van der Waals surface area contributed by atoms with Gasteiger partial charge >= 0.3 is 5.97 Å². The number of nitrogens with one attached hydrogen (secondary N) is 2. The zero-order valence-electron chi connectivity index (χ0n) is 11.4. The van der Waals surface area contributed by atoms with E-state index in [0.29, 0.717) is 11.6 Å². The van der Waals surface area contributed by atoms with Crippen LogP contribution in [-0.4, -0.2) is 32.1 Å². The van der Waals surface area contributed by atoms with Crippen molar-refractivity contribution in [3.63, 3.8) is 0 Å². The zero-order chi connectivity index (χ0) is 14.0. The van der Waals surface area contributed by atoms with E-state index >= 15 is 0 Å². The quantitative estimate of drug-likeness (QED) is 0.759. The lowest BCUT2D eigenvalue weighted by molar-refractivity contribution is -0.141. The Balaban J connectivity index is 2.86. The third-order valence-electron chi connectivity index (χ3n) is 2.15. The third-order valence-corrected chi connectivity index (χ3v) is 2.15. The standard InChI is InChI=1S/C12H20N4O2/c1-11(2,3)15-8-6-9(14-7-13-8)16-12(4,5)10(17)18/h6-7H,1-5H3,(H,17,18)(H2,13,14,15,16). The SMILES string of the molecule is CC(C)(C)Nc1cc(NC(C)(C)C(=O)O)ncn1. The van der Waals surface area contributed by atoms with Gasteiger partial charge in [0.1, 0.15) is 23.5 Å². The van der Waals surface area contributed by atoms with E-state index < -0.39 is 11.5 Å². The smallest absolute Gasteiger partial charge is 0.328 e. The maximum Gasteiger partial charge on any atom is 0.328 e. The van der Waals surface area contributed by atoms with Crippen LogP contribution in [0.5, 0.6) is 0 Å². The average molecular weight is 252 g/mol. The van der Waals surface area contributed by atoms with Crippen molar-refractivity contribution < 1.29 is 9.90 Å². The Morgan fingerprint density at radius 2 is 1.61 bits per heavy atom. The molecule has 6 heteroatoms. The highest BCUT2D eigenvalue weighted by Gasteiger charge is 2.27. The first kappa shape index (κ1) is 14.2. The minimum Gasteiger partial charge on any atom is -0.480 e. The molecule has 0 aromatic carbocycles. The second-order valence-electron chi connectivity index (χ2n) is 5.72. The second kappa shape index (κ2) is 4.80. The highest BCUT2D eigenvalue weighted by atomic mass is 16.4. The van der Waals surface area contributed by atoms with E-state index in [1.165, 1.54) is 6.33 Å². The molecule has 0 radical (unpaired) electrons. The predicted octanol–water partition coefficient (Wildman–Crippen LogP) is 1.96. The second-order valence-corrected chi connectivity index (χ2v) is 5.72. The Morgan fingerprint density at radius 1 is 1.11 bits per heavy atom. The van der Waals surface area contributed by atoms with Crippen LogP contribution in [0.25, 0.3) is 0 Å². The Morgan fingerprint density at radius 3 is 2.06 bits per heavy atom. The minimum absolute atomic E-state index is 0.117. The number of nitrogens with zero attached hydrogens (tertiary/aromatic N) is 2. The summed E-state index contributed by atoms with van der Waals surface area (Å²) in [5.74, 6) is 0.191. The summed E-state index contributed by atoms with van der Waals surface area (Å²) in [6, 6.07) is 1.69. The first-order chi connectivity index (χ1) is 8.10. The lowest BCUT2D eigenvalue weighted by Crippen LogP contribution is -2.40. The van der Waals surface area contributed by atoms with Crippen LogP contribution in [0.1, 0.15) is 34.6 Å². The summed E-state index contributed by atoms with van der Waals surface area (Å²) in [7, 11) is 0. The molecule has 0 amide bonds. The molecule has 0 saturated carbocycles. The lowest BCUT2D eigenvalue weighted by Gasteiger charge is -2.24. The van der Waals surface area contributed by atoms with Crippen LogP contribution in [0.15, 0.2) is 12.4 Å². The number of carboxylic acid groups (broad SMARTS) is 1. The summed E-state index contributed by atoms with van der Waals surface area (Å²) >= 11 is 0. The molecule has 6 nitrogen and oxygen atoms in total. The van der Waals surface area contributed by atoms with Gasteiger partial charge in [0, 0.05) is 11.6 Å². The Labute approximate surface area is 107 Å². The van der Waals surface area contributed by atoms with Gasteiger partial charge in [0.15, 0.2) is 0 Å². The van der Waals surface area contributed by atoms with Crippen molar-refractivity contribution in [1.82, 2.24) is 9.97 Å². The van der Waals surface area contributed by atoms with E-state index in [1.54, 1.807) is 19.9 Å². The molecule has 0 aliphatic heterocycles. The third kappa shape index (κ3) is 4.20. The van der Waals surface area contributed by atoms with Crippen LogP contribution < -0.4 is 10.6 Å². The summed E-state index contributed by atoms with van der Waals surface area (Å²) in [6.45, 7) is 9.21. The van der Waals surface area contributed by atoms with Crippen molar-refractivity contribution in [1.29, 1.82) is 0 Å². The van der Waals surface area contributed by atoms with Crippen LogP contribution in [0, 0.1) is 0 Å². The van der Waals surface area contributed by atoms with Gasteiger partial charge in [-0.2, -0.15) is 0 Å². The first-order valence-electron chi connectivity index (χ1n) is 5.72. The minimum atomic E-state index is -1.08. The molecule has 1 heterocycles. The molecule has 3 N–H and O–H groups in total. The van der Waals surface area contributed by atoms with Gasteiger partial charge in [-0.3, -0.25) is 0 Å². The maximum atomic E-state index is 11.0. The largest absolute Gasteiger partial charge is 0.480 e. The topological polar surface area (TPSA) is 87.1 Å². The number of carboxylic acids is 1. The van der Waals surface area contributed by atoms with Crippen LogP contribution in [0.3, 0.4) is 0 Å². The predicted molar refractivity (Wildman–Crippen MR) is 70.7 cm³/mol. The molecule has 18 heavy (non-hydrogen) atoms. The molecule has 0 aliphatic carbocycles. The molecule has 0 unspecified atom stereocenters. The highest BCUT2D eigenvalue weighted by molar-refractivity contribution is 5.81. The molecule has 1 aromatic heterocycles. The van der Waals surface area contributed by atoms with Gasteiger partial charge in [-0.15, -0.1) is 0 Å². The first-order valence-corrected chi connectivity index (χ1v) is 5.72. The summed E-state index contributed by atoms with van der Waals surface area (Å²) in [5.41, 5.74) is -1.19. The van der Waals surface area contributed by atoms with Gasteiger partial charge in [0.2, 0.25) is 0 Å². The van der Waals surface area contributed by atoms with Gasteiger partial charge in [0.25, 0.3) is 0 Å². The summed E-state index contributed by atoms with van der Waals surface area (Å²) in [4.78, 5) is 19.1. The van der Waals surface area contributed by atoms with E-state index in [-0.39, 0.29) is 5.54 Å². The van der Waals surface area contributed by atoms with Gasteiger partial charge in [-0.05, 0) is 34.6 Å². The van der Waals surface area contributed by atoms with Crippen molar-refractivity contribution >= 4 is 17.6 Å². The van der Waals surface area contributed by atoms with Crippen LogP contribution in [0.2, 0.25) is 0 Å². The molecule has 0 bridgehead atoms. The Bertz CT molecular complexity index is 438. The van der Waals surface area contributed by atoms with Crippen molar-refractivity contribution in [2.75, 3.05) is 10.6 Å². The molecule has 1 rings (SSSR count). The summed E-state index contributed by atoms with van der Waals surface area (Å²) < 4.78 is 0. The van der Waals surface area contributed by atoms with Gasteiger partial charge in [0.05, 0.1) is 0 Å². The van der Waals surface area contributed by atoms with E-state index in [2.05, 4.69) is 20.6 Å². The average Bonchev–Trinajstić information content (AvgIpc) is 2.13. The normalized spacial score (nSPS) is 12.1. The number of hydrogen-bond acceptors (Lipinski definition) is 5. The van der Waals surface area contributed by atoms with Crippen molar-refractivity contribution in [3.8, 4) is 0 Å². The number of hydrogen-bond donors (Lipinski definition) is 3. The van der Waals surface area contributed by atoms with Gasteiger partial charge < -0.3 is 15.7 Å².